The molecule has 0 radical (unpaired) electrons. The Kier molecular flexibility index (Phi) is 3.98. The zero-order valence-corrected chi connectivity index (χ0v) is 9.85. The number of anilines is 1. The third-order valence-corrected chi connectivity index (χ3v) is 2.97. The largest absolute Gasteiger partial charge is 0.396 e. The first-order chi connectivity index (χ1) is 8.31. The molecule has 92 valence electrons. The van der Waals surface area contributed by atoms with Crippen molar-refractivity contribution in [3.8, 4) is 0 Å². The van der Waals surface area contributed by atoms with Crippen LogP contribution in [0.1, 0.15) is 12.0 Å². The van der Waals surface area contributed by atoms with Gasteiger partial charge in [-0.25, -0.2) is 0 Å². The second-order valence-corrected chi connectivity index (χ2v) is 4.23. The van der Waals surface area contributed by atoms with Gasteiger partial charge in [0.25, 0.3) is 0 Å². The summed E-state index contributed by atoms with van der Waals surface area (Å²) < 4.78 is 0. The minimum atomic E-state index is 0.0770. The maximum atomic E-state index is 11.4. The van der Waals surface area contributed by atoms with E-state index in [-0.39, 0.29) is 12.5 Å². The second-order valence-electron chi connectivity index (χ2n) is 4.23. The van der Waals surface area contributed by atoms with Gasteiger partial charge in [0.05, 0.1) is 6.54 Å². The first-order valence-electron chi connectivity index (χ1n) is 6.01. The van der Waals surface area contributed by atoms with Crippen LogP contribution in [-0.2, 0) is 11.2 Å². The van der Waals surface area contributed by atoms with Gasteiger partial charge in [-0.15, -0.1) is 0 Å². The summed E-state index contributed by atoms with van der Waals surface area (Å²) in [6, 6.07) is 8.10. The highest BCUT2D eigenvalue weighted by Crippen LogP contribution is 2.22. The highest BCUT2D eigenvalue weighted by atomic mass is 16.2. The maximum absolute atomic E-state index is 11.4. The molecule has 0 unspecified atom stereocenters. The molecule has 1 aromatic carbocycles. The van der Waals surface area contributed by atoms with Gasteiger partial charge in [0.15, 0.2) is 0 Å². The van der Waals surface area contributed by atoms with E-state index in [4.69, 9.17) is 5.11 Å². The number of piperazine rings is 1. The standard InChI is InChI=1S/C13H18N2O2/c16-9-3-5-11-4-1-2-6-12(11)15-8-7-14-13(17)10-15/h1-2,4,6,16H,3,5,7-10H2,(H,14,17). The fourth-order valence-corrected chi connectivity index (χ4v) is 2.14. The van der Waals surface area contributed by atoms with Crippen LogP contribution in [0.4, 0.5) is 5.69 Å². The number of hydrogen-bond donors (Lipinski definition) is 2. The molecule has 2 N–H and O–H groups in total. The fourth-order valence-electron chi connectivity index (χ4n) is 2.14. The monoisotopic (exact) mass is 234 g/mol. The number of para-hydroxylation sites is 1. The third-order valence-electron chi connectivity index (χ3n) is 2.97. The molecule has 17 heavy (non-hydrogen) atoms. The number of rotatable bonds is 4. The topological polar surface area (TPSA) is 52.6 Å². The maximum Gasteiger partial charge on any atom is 0.239 e. The Hall–Kier alpha value is -1.55. The van der Waals surface area contributed by atoms with Gasteiger partial charge in [-0.2, -0.15) is 0 Å². The molecule has 0 bridgehead atoms. The molecule has 2 rings (SSSR count). The molecule has 4 nitrogen and oxygen atoms in total. The Morgan fingerprint density at radius 2 is 2.18 bits per heavy atom. The van der Waals surface area contributed by atoms with Crippen LogP contribution in [0.25, 0.3) is 0 Å². The second kappa shape index (κ2) is 5.68. The number of hydrogen-bond acceptors (Lipinski definition) is 3. The number of nitrogens with zero attached hydrogens (tertiary/aromatic N) is 1. The number of aliphatic hydroxyl groups is 1. The molecule has 0 atom stereocenters. The van der Waals surface area contributed by atoms with Crippen LogP contribution in [-0.4, -0.2) is 37.3 Å². The highest BCUT2D eigenvalue weighted by molar-refractivity contribution is 5.83. The van der Waals surface area contributed by atoms with Crippen molar-refractivity contribution in [1.29, 1.82) is 0 Å². The molecule has 0 saturated carbocycles. The molecule has 1 heterocycles. The summed E-state index contributed by atoms with van der Waals surface area (Å²) in [7, 11) is 0. The van der Waals surface area contributed by atoms with Gasteiger partial charge < -0.3 is 15.3 Å². The lowest BCUT2D eigenvalue weighted by atomic mass is 10.1. The van der Waals surface area contributed by atoms with Crippen LogP contribution < -0.4 is 10.2 Å². The van der Waals surface area contributed by atoms with E-state index in [9.17, 15) is 4.79 Å². The van der Waals surface area contributed by atoms with Gasteiger partial charge in [0.2, 0.25) is 5.91 Å². The van der Waals surface area contributed by atoms with Crippen molar-refractivity contribution in [2.45, 2.75) is 12.8 Å². The first kappa shape index (κ1) is 11.9. The third kappa shape index (κ3) is 2.97. The fraction of sp³-hybridized carbons (Fsp3) is 0.462. The molecule has 1 aromatic rings. The molecule has 0 aromatic heterocycles. The summed E-state index contributed by atoms with van der Waals surface area (Å²) in [5, 5.41) is 11.7. The summed E-state index contributed by atoms with van der Waals surface area (Å²) in [5.41, 5.74) is 2.33. The summed E-state index contributed by atoms with van der Waals surface area (Å²) in [4.78, 5) is 13.5. The van der Waals surface area contributed by atoms with Gasteiger partial charge in [0.1, 0.15) is 0 Å². The molecule has 1 saturated heterocycles. The predicted octanol–water partition coefficient (Wildman–Crippen LogP) is 0.548. The van der Waals surface area contributed by atoms with Gasteiger partial charge in [-0.3, -0.25) is 4.79 Å². The number of benzene rings is 1. The minimum absolute atomic E-state index is 0.0770. The predicted molar refractivity (Wildman–Crippen MR) is 67.1 cm³/mol. The molecule has 0 aliphatic carbocycles. The van der Waals surface area contributed by atoms with Crippen molar-refractivity contribution in [3.05, 3.63) is 29.8 Å². The lowest BCUT2D eigenvalue weighted by Gasteiger charge is -2.30. The molecular weight excluding hydrogens is 216 g/mol. The number of nitrogens with one attached hydrogen (secondary N) is 1. The summed E-state index contributed by atoms with van der Waals surface area (Å²) in [6.45, 7) is 2.18. The zero-order valence-electron chi connectivity index (χ0n) is 9.85. The average molecular weight is 234 g/mol. The Morgan fingerprint density at radius 3 is 2.94 bits per heavy atom. The highest BCUT2D eigenvalue weighted by Gasteiger charge is 2.18. The molecule has 1 fully saturated rings. The van der Waals surface area contributed by atoms with E-state index in [1.54, 1.807) is 0 Å². The molecule has 1 aliphatic rings. The number of carbonyl (C=O) groups is 1. The van der Waals surface area contributed by atoms with Gasteiger partial charge in [-0.05, 0) is 24.5 Å². The van der Waals surface area contributed by atoms with Crippen LogP contribution in [0.3, 0.4) is 0 Å². The molecule has 4 heteroatoms. The number of carbonyl (C=O) groups excluding carboxylic acids is 1. The van der Waals surface area contributed by atoms with E-state index in [1.807, 2.05) is 18.2 Å². The number of aryl methyl sites for hydroxylation is 1. The Labute approximate surface area is 101 Å². The van der Waals surface area contributed by atoms with Crippen molar-refractivity contribution < 1.29 is 9.90 Å². The quantitative estimate of drug-likeness (QED) is 0.800. The SMILES string of the molecule is O=C1CN(c2ccccc2CCCO)CCN1. The summed E-state index contributed by atoms with van der Waals surface area (Å²) >= 11 is 0. The van der Waals surface area contributed by atoms with Crippen LogP contribution in [0.15, 0.2) is 24.3 Å². The summed E-state index contributed by atoms with van der Waals surface area (Å²) in [6.07, 6.45) is 1.61. The van der Waals surface area contributed by atoms with Crippen molar-refractivity contribution in [3.63, 3.8) is 0 Å². The Morgan fingerprint density at radius 1 is 1.35 bits per heavy atom. The molecular formula is C13H18N2O2. The van der Waals surface area contributed by atoms with E-state index in [0.717, 1.165) is 25.1 Å². The van der Waals surface area contributed by atoms with Gasteiger partial charge in [0, 0.05) is 25.4 Å². The lowest BCUT2D eigenvalue weighted by molar-refractivity contribution is -0.120. The van der Waals surface area contributed by atoms with Crippen LogP contribution in [0, 0.1) is 0 Å². The van der Waals surface area contributed by atoms with E-state index in [0.29, 0.717) is 13.1 Å². The lowest BCUT2D eigenvalue weighted by Crippen LogP contribution is -2.48. The van der Waals surface area contributed by atoms with E-state index in [1.165, 1.54) is 5.56 Å². The van der Waals surface area contributed by atoms with E-state index in [2.05, 4.69) is 16.3 Å². The number of aliphatic hydroxyl groups excluding tert-OH is 1. The van der Waals surface area contributed by atoms with Crippen molar-refractivity contribution in [2.24, 2.45) is 0 Å². The van der Waals surface area contributed by atoms with Crippen molar-refractivity contribution >= 4 is 11.6 Å². The zero-order chi connectivity index (χ0) is 12.1. The normalized spacial score (nSPS) is 15.8. The van der Waals surface area contributed by atoms with Crippen LogP contribution >= 0.6 is 0 Å². The average Bonchev–Trinajstić information content (AvgIpc) is 2.37. The molecule has 1 amide bonds. The van der Waals surface area contributed by atoms with Crippen LogP contribution in [0.5, 0.6) is 0 Å². The van der Waals surface area contributed by atoms with E-state index >= 15 is 0 Å². The molecule has 0 spiro atoms. The minimum Gasteiger partial charge on any atom is -0.396 e. The Bertz CT molecular complexity index is 393. The number of amides is 1. The van der Waals surface area contributed by atoms with E-state index < -0.39 is 0 Å². The van der Waals surface area contributed by atoms with Gasteiger partial charge >= 0.3 is 0 Å². The summed E-state index contributed by atoms with van der Waals surface area (Å²) in [5.74, 6) is 0.0770. The van der Waals surface area contributed by atoms with Gasteiger partial charge in [-0.1, -0.05) is 18.2 Å². The van der Waals surface area contributed by atoms with Crippen molar-refractivity contribution in [1.82, 2.24) is 5.32 Å². The first-order valence-corrected chi connectivity index (χ1v) is 6.01. The smallest absolute Gasteiger partial charge is 0.239 e. The Balaban J connectivity index is 2.15. The molecule has 1 aliphatic heterocycles. The van der Waals surface area contributed by atoms with Crippen molar-refractivity contribution in [2.75, 3.05) is 31.1 Å². The van der Waals surface area contributed by atoms with Crippen LogP contribution in [0.2, 0.25) is 0 Å².